The molecular weight excluding hydrogens is 419 g/mol. The number of nitrogens with one attached hydrogen (secondary N) is 1. The van der Waals surface area contributed by atoms with E-state index in [2.05, 4.69) is 27.3 Å². The Kier molecular flexibility index (Phi) is 6.05. The Balaban J connectivity index is 2.01. The molecule has 2 atom stereocenters. The van der Waals surface area contributed by atoms with Gasteiger partial charge in [0.15, 0.2) is 0 Å². The van der Waals surface area contributed by atoms with Crippen LogP contribution in [0.5, 0.6) is 0 Å². The average Bonchev–Trinajstić information content (AvgIpc) is 2.66. The standard InChI is InChI=1S/C21H19BrF3NO/c22-16-10-6-9-15(13-16)19(26-20(27)21(23,24)25)18-12-5-4-11-17(18)14-7-2-1-3-8-14/h1-3,6-11,13,18-19H,4-5,12H2,(H,26,27)/t18-,19-/m1/s1. The van der Waals surface area contributed by atoms with Crippen LogP contribution in [0.25, 0.3) is 5.57 Å². The first-order valence-electron chi connectivity index (χ1n) is 8.75. The van der Waals surface area contributed by atoms with E-state index in [1.165, 1.54) is 0 Å². The molecule has 1 N–H and O–H groups in total. The van der Waals surface area contributed by atoms with Crippen LogP contribution in [-0.4, -0.2) is 12.1 Å². The Labute approximate surface area is 164 Å². The van der Waals surface area contributed by atoms with Crippen molar-refractivity contribution in [2.45, 2.75) is 31.5 Å². The zero-order chi connectivity index (χ0) is 19.4. The van der Waals surface area contributed by atoms with Gasteiger partial charge in [0.05, 0.1) is 6.04 Å². The number of hydrogen-bond donors (Lipinski definition) is 1. The third-order valence-electron chi connectivity index (χ3n) is 4.74. The number of benzene rings is 2. The van der Waals surface area contributed by atoms with Gasteiger partial charge in [0.25, 0.3) is 0 Å². The molecular formula is C21H19BrF3NO. The van der Waals surface area contributed by atoms with E-state index in [0.717, 1.165) is 28.5 Å². The molecule has 0 spiro atoms. The summed E-state index contributed by atoms with van der Waals surface area (Å²) in [5, 5.41) is 2.24. The maximum atomic E-state index is 13.0. The predicted octanol–water partition coefficient (Wildman–Crippen LogP) is 6.05. The van der Waals surface area contributed by atoms with Crippen LogP contribution in [0.2, 0.25) is 0 Å². The van der Waals surface area contributed by atoms with E-state index in [0.29, 0.717) is 12.0 Å². The number of hydrogen-bond acceptors (Lipinski definition) is 1. The highest BCUT2D eigenvalue weighted by molar-refractivity contribution is 9.10. The van der Waals surface area contributed by atoms with E-state index in [1.807, 2.05) is 30.3 Å². The first-order valence-corrected chi connectivity index (χ1v) is 9.54. The number of carbonyl (C=O) groups is 1. The molecule has 2 nitrogen and oxygen atoms in total. The van der Waals surface area contributed by atoms with E-state index < -0.39 is 18.1 Å². The van der Waals surface area contributed by atoms with Crippen molar-refractivity contribution in [2.24, 2.45) is 5.92 Å². The molecule has 0 aliphatic heterocycles. The summed E-state index contributed by atoms with van der Waals surface area (Å²) in [6.45, 7) is 0. The molecule has 0 fully saturated rings. The Morgan fingerprint density at radius 2 is 1.85 bits per heavy atom. The molecule has 0 unspecified atom stereocenters. The van der Waals surface area contributed by atoms with Crippen molar-refractivity contribution >= 4 is 27.4 Å². The summed E-state index contributed by atoms with van der Waals surface area (Å²) in [5.41, 5.74) is 2.61. The van der Waals surface area contributed by atoms with Crippen LogP contribution in [0.1, 0.15) is 36.4 Å². The van der Waals surface area contributed by atoms with Gasteiger partial charge in [-0.15, -0.1) is 0 Å². The van der Waals surface area contributed by atoms with Gasteiger partial charge in [-0.1, -0.05) is 64.5 Å². The molecule has 1 amide bonds. The number of alkyl halides is 3. The minimum absolute atomic E-state index is 0.234. The smallest absolute Gasteiger partial charge is 0.341 e. The molecule has 142 valence electrons. The number of halogens is 4. The van der Waals surface area contributed by atoms with E-state index >= 15 is 0 Å². The quantitative estimate of drug-likeness (QED) is 0.619. The van der Waals surface area contributed by atoms with Crippen molar-refractivity contribution in [3.63, 3.8) is 0 Å². The average molecular weight is 438 g/mol. The lowest BCUT2D eigenvalue weighted by molar-refractivity contribution is -0.174. The molecule has 0 aromatic heterocycles. The van der Waals surface area contributed by atoms with Crippen molar-refractivity contribution in [3.8, 4) is 0 Å². The monoisotopic (exact) mass is 437 g/mol. The van der Waals surface area contributed by atoms with Gasteiger partial charge in [0.1, 0.15) is 0 Å². The highest BCUT2D eigenvalue weighted by Gasteiger charge is 2.42. The molecule has 3 rings (SSSR count). The van der Waals surface area contributed by atoms with Gasteiger partial charge >= 0.3 is 12.1 Å². The fourth-order valence-corrected chi connectivity index (χ4v) is 3.97. The van der Waals surface area contributed by atoms with Gasteiger partial charge in [0.2, 0.25) is 0 Å². The summed E-state index contributed by atoms with van der Waals surface area (Å²) in [6, 6.07) is 15.9. The fraction of sp³-hybridized carbons (Fsp3) is 0.286. The van der Waals surface area contributed by atoms with E-state index in [4.69, 9.17) is 0 Å². The van der Waals surface area contributed by atoms with Crippen molar-refractivity contribution in [3.05, 3.63) is 76.3 Å². The van der Waals surface area contributed by atoms with E-state index in [1.54, 1.807) is 24.3 Å². The lowest BCUT2D eigenvalue weighted by atomic mass is 9.77. The summed E-state index contributed by atoms with van der Waals surface area (Å²) >= 11 is 3.37. The van der Waals surface area contributed by atoms with Gasteiger partial charge in [0, 0.05) is 10.4 Å². The molecule has 0 saturated carbocycles. The van der Waals surface area contributed by atoms with Crippen molar-refractivity contribution in [1.82, 2.24) is 5.32 Å². The molecule has 2 aromatic rings. The summed E-state index contributed by atoms with van der Waals surface area (Å²) in [6.07, 6.45) is -0.396. The minimum atomic E-state index is -4.92. The van der Waals surface area contributed by atoms with Gasteiger partial charge in [-0.3, -0.25) is 4.79 Å². The molecule has 27 heavy (non-hydrogen) atoms. The Morgan fingerprint density at radius 3 is 2.52 bits per heavy atom. The molecule has 0 radical (unpaired) electrons. The van der Waals surface area contributed by atoms with E-state index in [9.17, 15) is 18.0 Å². The molecule has 0 bridgehead atoms. The highest BCUT2D eigenvalue weighted by atomic mass is 79.9. The van der Waals surface area contributed by atoms with Gasteiger partial charge in [-0.2, -0.15) is 13.2 Å². The lowest BCUT2D eigenvalue weighted by Gasteiger charge is -2.33. The highest BCUT2D eigenvalue weighted by Crippen LogP contribution is 2.41. The van der Waals surface area contributed by atoms with Crippen LogP contribution in [-0.2, 0) is 4.79 Å². The zero-order valence-electron chi connectivity index (χ0n) is 14.5. The summed E-state index contributed by atoms with van der Waals surface area (Å²) < 4.78 is 39.6. The number of rotatable bonds is 4. The number of amides is 1. The third kappa shape index (κ3) is 4.80. The summed E-state index contributed by atoms with van der Waals surface area (Å²) in [7, 11) is 0. The first-order chi connectivity index (χ1) is 12.9. The first kappa shape index (κ1) is 19.7. The van der Waals surface area contributed by atoms with E-state index in [-0.39, 0.29) is 5.92 Å². The maximum Gasteiger partial charge on any atom is 0.471 e. The van der Waals surface area contributed by atoms with Gasteiger partial charge < -0.3 is 5.32 Å². The Bertz CT molecular complexity index is 833. The van der Waals surface area contributed by atoms with Gasteiger partial charge in [-0.25, -0.2) is 0 Å². The predicted molar refractivity (Wildman–Crippen MR) is 103 cm³/mol. The maximum absolute atomic E-state index is 13.0. The molecule has 0 saturated heterocycles. The third-order valence-corrected chi connectivity index (χ3v) is 5.24. The van der Waals surface area contributed by atoms with Crippen LogP contribution in [0, 0.1) is 5.92 Å². The minimum Gasteiger partial charge on any atom is -0.341 e. The number of allylic oxidation sites excluding steroid dienone is 1. The van der Waals surface area contributed by atoms with Crippen LogP contribution >= 0.6 is 15.9 Å². The molecule has 1 aliphatic rings. The van der Waals surface area contributed by atoms with Crippen molar-refractivity contribution in [2.75, 3.05) is 0 Å². The SMILES string of the molecule is O=C(N[C@H](c1cccc(Br)c1)[C@@H]1CCCC=C1c1ccccc1)C(F)(F)F. The second-order valence-corrected chi connectivity index (χ2v) is 7.48. The van der Waals surface area contributed by atoms with Crippen LogP contribution in [0.3, 0.4) is 0 Å². The summed E-state index contributed by atoms with van der Waals surface area (Å²) in [5.74, 6) is -2.15. The number of carbonyl (C=O) groups excluding carboxylic acids is 1. The molecule has 6 heteroatoms. The van der Waals surface area contributed by atoms with Gasteiger partial charge in [-0.05, 0) is 48.1 Å². The van der Waals surface area contributed by atoms with Crippen LogP contribution < -0.4 is 5.32 Å². The fourth-order valence-electron chi connectivity index (χ4n) is 3.55. The Hall–Kier alpha value is -2.08. The van der Waals surface area contributed by atoms with Crippen molar-refractivity contribution < 1.29 is 18.0 Å². The van der Waals surface area contributed by atoms with Crippen LogP contribution in [0.4, 0.5) is 13.2 Å². The zero-order valence-corrected chi connectivity index (χ0v) is 16.1. The van der Waals surface area contributed by atoms with Crippen molar-refractivity contribution in [1.29, 1.82) is 0 Å². The normalized spacial score (nSPS) is 18.5. The second-order valence-electron chi connectivity index (χ2n) is 6.57. The topological polar surface area (TPSA) is 29.1 Å². The summed E-state index contributed by atoms with van der Waals surface area (Å²) in [4.78, 5) is 11.8. The largest absolute Gasteiger partial charge is 0.471 e. The molecule has 1 aliphatic carbocycles. The van der Waals surface area contributed by atoms with Crippen LogP contribution in [0.15, 0.2) is 65.1 Å². The Morgan fingerprint density at radius 1 is 1.11 bits per heavy atom. The molecule has 0 heterocycles. The lowest BCUT2D eigenvalue weighted by Crippen LogP contribution is -2.42. The second kappa shape index (κ2) is 8.30. The molecule has 2 aromatic carbocycles.